The van der Waals surface area contributed by atoms with E-state index in [2.05, 4.69) is 29.5 Å². The number of anilines is 2. The molecule has 10 heteroatoms. The van der Waals surface area contributed by atoms with Gasteiger partial charge in [-0.1, -0.05) is 55.9 Å². The second kappa shape index (κ2) is 13.3. The van der Waals surface area contributed by atoms with Crippen molar-refractivity contribution in [1.82, 2.24) is 9.88 Å². The second-order valence-corrected chi connectivity index (χ2v) is 11.8. The minimum atomic E-state index is -0.351. The lowest BCUT2D eigenvalue weighted by Gasteiger charge is -2.27. The molecule has 0 aliphatic carbocycles. The Labute approximate surface area is 247 Å². The topological polar surface area (TPSA) is 101 Å². The zero-order valence-corrected chi connectivity index (χ0v) is 24.7. The Morgan fingerprint density at radius 3 is 2.34 bits per heavy atom. The van der Waals surface area contributed by atoms with Gasteiger partial charge in [0.1, 0.15) is 0 Å². The first-order valence-corrected chi connectivity index (χ1v) is 15.5. The van der Waals surface area contributed by atoms with E-state index in [9.17, 15) is 14.4 Å². The molecule has 41 heavy (non-hydrogen) atoms. The molecule has 0 spiro atoms. The number of para-hydroxylation sites is 1. The van der Waals surface area contributed by atoms with Crippen molar-refractivity contribution in [2.75, 3.05) is 42.7 Å². The van der Waals surface area contributed by atoms with Gasteiger partial charge in [0.25, 0.3) is 11.8 Å². The molecule has 4 aromatic rings. The van der Waals surface area contributed by atoms with E-state index in [-0.39, 0.29) is 23.5 Å². The van der Waals surface area contributed by atoms with Crippen LogP contribution in [-0.2, 0) is 22.4 Å². The van der Waals surface area contributed by atoms with Crippen LogP contribution in [0.25, 0.3) is 10.2 Å². The number of thioether (sulfide) groups is 1. The van der Waals surface area contributed by atoms with Crippen LogP contribution in [0.2, 0.25) is 0 Å². The summed E-state index contributed by atoms with van der Waals surface area (Å²) in [7, 11) is 0. The molecule has 1 saturated heterocycles. The highest BCUT2D eigenvalue weighted by Gasteiger charge is 2.23. The number of morpholine rings is 1. The van der Waals surface area contributed by atoms with E-state index < -0.39 is 0 Å². The maximum atomic E-state index is 13.2. The van der Waals surface area contributed by atoms with Crippen LogP contribution in [0.5, 0.6) is 0 Å². The molecule has 3 aromatic carbocycles. The van der Waals surface area contributed by atoms with Gasteiger partial charge < -0.3 is 20.3 Å². The third kappa shape index (κ3) is 6.78. The lowest BCUT2D eigenvalue weighted by atomic mass is 10.0. The number of fused-ring (bicyclic) bond motifs is 1. The predicted octanol–water partition coefficient (Wildman–Crippen LogP) is 5.88. The van der Waals surface area contributed by atoms with Gasteiger partial charge in [0, 0.05) is 24.5 Å². The first-order chi connectivity index (χ1) is 20.0. The van der Waals surface area contributed by atoms with E-state index in [1.165, 1.54) is 23.1 Å². The van der Waals surface area contributed by atoms with Crippen molar-refractivity contribution in [3.05, 3.63) is 82.9 Å². The molecule has 8 nitrogen and oxygen atoms in total. The Morgan fingerprint density at radius 2 is 1.63 bits per heavy atom. The van der Waals surface area contributed by atoms with Gasteiger partial charge >= 0.3 is 0 Å². The summed E-state index contributed by atoms with van der Waals surface area (Å²) in [4.78, 5) is 45.5. The fourth-order valence-corrected chi connectivity index (χ4v) is 6.66. The number of aromatic nitrogens is 1. The van der Waals surface area contributed by atoms with Crippen LogP contribution in [0.4, 0.5) is 11.4 Å². The number of nitrogens with zero attached hydrogens (tertiary/aromatic N) is 2. The highest BCUT2D eigenvalue weighted by molar-refractivity contribution is 8.01. The van der Waals surface area contributed by atoms with Crippen LogP contribution >= 0.6 is 23.1 Å². The van der Waals surface area contributed by atoms with Gasteiger partial charge in [-0.15, -0.1) is 11.3 Å². The van der Waals surface area contributed by atoms with Crippen molar-refractivity contribution in [3.63, 3.8) is 0 Å². The third-order valence-electron chi connectivity index (χ3n) is 6.92. The summed E-state index contributed by atoms with van der Waals surface area (Å²) >= 11 is 2.87. The third-order valence-corrected chi connectivity index (χ3v) is 9.08. The number of carbonyl (C=O) groups excluding carboxylic acids is 3. The van der Waals surface area contributed by atoms with Crippen LogP contribution in [0.1, 0.15) is 45.7 Å². The van der Waals surface area contributed by atoms with Crippen LogP contribution in [0, 0.1) is 0 Å². The molecule has 1 aliphatic heterocycles. The maximum absolute atomic E-state index is 13.2. The minimum Gasteiger partial charge on any atom is -0.378 e. The number of aryl methyl sites for hydroxylation is 2. The molecule has 0 bridgehead atoms. The van der Waals surface area contributed by atoms with Gasteiger partial charge in [-0.2, -0.15) is 0 Å². The van der Waals surface area contributed by atoms with E-state index in [4.69, 9.17) is 4.74 Å². The smallest absolute Gasteiger partial charge is 0.256 e. The summed E-state index contributed by atoms with van der Waals surface area (Å²) in [5.41, 5.74) is 5.28. The maximum Gasteiger partial charge on any atom is 0.256 e. The molecule has 2 N–H and O–H groups in total. The van der Waals surface area contributed by atoms with Crippen molar-refractivity contribution in [1.29, 1.82) is 0 Å². The summed E-state index contributed by atoms with van der Waals surface area (Å²) in [5.74, 6) is -0.343. The van der Waals surface area contributed by atoms with E-state index in [0.717, 1.165) is 44.2 Å². The number of thiazole rings is 1. The first kappa shape index (κ1) is 28.8. The molecule has 0 saturated carbocycles. The normalized spacial score (nSPS) is 13.3. The molecular weight excluding hydrogens is 556 g/mol. The Kier molecular flexibility index (Phi) is 9.33. The van der Waals surface area contributed by atoms with Gasteiger partial charge in [-0.3, -0.25) is 14.4 Å². The van der Waals surface area contributed by atoms with E-state index in [1.54, 1.807) is 35.2 Å². The average Bonchev–Trinajstić information content (AvgIpc) is 3.42. The molecular formula is C31H32N4O4S2. The zero-order valence-electron chi connectivity index (χ0n) is 23.1. The van der Waals surface area contributed by atoms with Gasteiger partial charge in [0.2, 0.25) is 5.91 Å². The Hall–Kier alpha value is -3.73. The van der Waals surface area contributed by atoms with Gasteiger partial charge in [0.15, 0.2) is 4.34 Å². The molecule has 1 aromatic heterocycles. The van der Waals surface area contributed by atoms with Crippen molar-refractivity contribution >= 4 is 62.4 Å². The average molecular weight is 589 g/mol. The standard InChI is InChI=1S/C31H32N4O4S2/c1-3-20-8-7-9-21(4-2)28(20)34-27(36)19-40-31-33-25-13-12-22(18-26(25)41-31)32-29(37)23-10-5-6-11-24(23)30(38)35-14-16-39-17-15-35/h5-13,18H,3-4,14-17,19H2,1-2H3,(H,32,37)(H,34,36). The number of carbonyl (C=O) groups is 3. The number of benzene rings is 3. The molecule has 2 heterocycles. The summed E-state index contributed by atoms with van der Waals surface area (Å²) in [6, 6.07) is 18.5. The van der Waals surface area contributed by atoms with Crippen LogP contribution in [-0.4, -0.2) is 59.7 Å². The molecule has 1 aliphatic rings. The van der Waals surface area contributed by atoms with E-state index >= 15 is 0 Å². The van der Waals surface area contributed by atoms with Crippen molar-refractivity contribution in [2.24, 2.45) is 0 Å². The van der Waals surface area contributed by atoms with Crippen molar-refractivity contribution in [3.8, 4) is 0 Å². The van der Waals surface area contributed by atoms with E-state index in [1.807, 2.05) is 30.3 Å². The van der Waals surface area contributed by atoms with Gasteiger partial charge in [0.05, 0.1) is 40.3 Å². The van der Waals surface area contributed by atoms with Gasteiger partial charge in [-0.05, 0) is 54.3 Å². The highest BCUT2D eigenvalue weighted by atomic mass is 32.2. The zero-order chi connectivity index (χ0) is 28.8. The van der Waals surface area contributed by atoms with Crippen LogP contribution in [0.15, 0.2) is 65.0 Å². The molecule has 212 valence electrons. The minimum absolute atomic E-state index is 0.0666. The summed E-state index contributed by atoms with van der Waals surface area (Å²) in [6.45, 7) is 6.16. The monoisotopic (exact) mass is 588 g/mol. The number of nitrogens with one attached hydrogen (secondary N) is 2. The number of rotatable bonds is 9. The largest absolute Gasteiger partial charge is 0.378 e. The predicted molar refractivity (Wildman–Crippen MR) is 165 cm³/mol. The molecule has 0 atom stereocenters. The molecule has 0 radical (unpaired) electrons. The number of ether oxygens (including phenoxy) is 1. The van der Waals surface area contributed by atoms with Crippen molar-refractivity contribution in [2.45, 2.75) is 31.0 Å². The Morgan fingerprint density at radius 1 is 0.927 bits per heavy atom. The number of hydrogen-bond donors (Lipinski definition) is 2. The highest BCUT2D eigenvalue weighted by Crippen LogP contribution is 2.32. The SMILES string of the molecule is CCc1cccc(CC)c1NC(=O)CSc1nc2ccc(NC(=O)c3ccccc3C(=O)N3CCOCC3)cc2s1. The van der Waals surface area contributed by atoms with Crippen LogP contribution in [0.3, 0.4) is 0 Å². The first-order valence-electron chi connectivity index (χ1n) is 13.7. The Balaban J connectivity index is 1.24. The summed E-state index contributed by atoms with van der Waals surface area (Å²) < 4.78 is 7.02. The lowest BCUT2D eigenvalue weighted by Crippen LogP contribution is -2.41. The molecule has 3 amide bonds. The molecule has 0 unspecified atom stereocenters. The summed E-state index contributed by atoms with van der Waals surface area (Å²) in [6.07, 6.45) is 1.70. The van der Waals surface area contributed by atoms with Crippen molar-refractivity contribution < 1.29 is 19.1 Å². The quantitative estimate of drug-likeness (QED) is 0.237. The fourth-order valence-electron chi connectivity index (χ4n) is 4.75. The summed E-state index contributed by atoms with van der Waals surface area (Å²) in [5, 5.41) is 6.03. The molecule has 5 rings (SSSR count). The van der Waals surface area contributed by atoms with Crippen LogP contribution < -0.4 is 10.6 Å². The number of amides is 3. The molecule has 1 fully saturated rings. The number of hydrogen-bond acceptors (Lipinski definition) is 7. The fraction of sp³-hybridized carbons (Fsp3) is 0.290. The van der Waals surface area contributed by atoms with E-state index in [0.29, 0.717) is 43.1 Å². The van der Waals surface area contributed by atoms with Gasteiger partial charge in [-0.25, -0.2) is 4.98 Å². The second-order valence-electron chi connectivity index (χ2n) is 9.56. The lowest BCUT2D eigenvalue weighted by molar-refractivity contribution is -0.113. The Bertz CT molecular complexity index is 1560.